The van der Waals surface area contributed by atoms with Crippen molar-refractivity contribution in [1.82, 2.24) is 15.5 Å². The van der Waals surface area contributed by atoms with Gasteiger partial charge in [-0.15, -0.1) is 0 Å². The molecule has 2 rings (SSSR count). The topological polar surface area (TPSA) is 105 Å². The van der Waals surface area contributed by atoms with Crippen molar-refractivity contribution < 1.29 is 23.9 Å². The van der Waals surface area contributed by atoms with Gasteiger partial charge >= 0.3 is 12.0 Å². The Bertz CT molecular complexity index is 684. The van der Waals surface area contributed by atoms with Crippen LogP contribution in [0.2, 0.25) is 0 Å². The minimum Gasteiger partial charge on any atom is -0.451 e. The molecule has 0 spiro atoms. The third-order valence-electron chi connectivity index (χ3n) is 3.13. The predicted molar refractivity (Wildman–Crippen MR) is 84.3 cm³/mol. The summed E-state index contributed by atoms with van der Waals surface area (Å²) >= 11 is 0. The van der Waals surface area contributed by atoms with E-state index < -0.39 is 30.4 Å². The lowest BCUT2D eigenvalue weighted by atomic mass is 10.2. The first kappa shape index (κ1) is 17.2. The average Bonchev–Trinajstić information content (AvgIpc) is 2.98. The molecule has 4 amide bonds. The Kier molecular flexibility index (Phi) is 5.67. The first-order chi connectivity index (χ1) is 11.5. The lowest BCUT2D eigenvalue weighted by Gasteiger charge is -2.13. The number of nitrogens with zero attached hydrogens (tertiary/aromatic N) is 1. The molecule has 1 aliphatic rings. The largest absolute Gasteiger partial charge is 0.451 e. The summed E-state index contributed by atoms with van der Waals surface area (Å²) in [5.41, 5.74) is 0.593. The summed E-state index contributed by atoms with van der Waals surface area (Å²) < 4.78 is 4.91. The number of imide groups is 1. The fourth-order valence-corrected chi connectivity index (χ4v) is 2.04. The molecule has 1 fully saturated rings. The predicted octanol–water partition coefficient (Wildman–Crippen LogP) is 0.259. The van der Waals surface area contributed by atoms with E-state index in [-0.39, 0.29) is 12.2 Å². The maximum atomic E-state index is 12.1. The van der Waals surface area contributed by atoms with Crippen LogP contribution in [0.25, 0.3) is 6.08 Å². The molecule has 0 radical (unpaired) electrons. The second-order valence-corrected chi connectivity index (χ2v) is 5.00. The molecule has 0 unspecified atom stereocenters. The normalized spacial score (nSPS) is 14.1. The Labute approximate surface area is 138 Å². The van der Waals surface area contributed by atoms with Gasteiger partial charge in [-0.25, -0.2) is 9.59 Å². The van der Waals surface area contributed by atoms with Gasteiger partial charge in [-0.05, 0) is 11.6 Å². The van der Waals surface area contributed by atoms with Gasteiger partial charge in [-0.1, -0.05) is 30.3 Å². The Hall–Kier alpha value is -3.16. The highest BCUT2D eigenvalue weighted by Gasteiger charge is 2.27. The minimum atomic E-state index is -0.859. The highest BCUT2D eigenvalue weighted by molar-refractivity contribution is 6.00. The first-order valence-corrected chi connectivity index (χ1v) is 7.27. The van der Waals surface area contributed by atoms with E-state index in [1.54, 1.807) is 24.3 Å². The number of amides is 4. The summed E-state index contributed by atoms with van der Waals surface area (Å²) in [6.07, 6.45) is 1.44. The summed E-state index contributed by atoms with van der Waals surface area (Å²) in [6, 6.07) is 8.34. The Balaban J connectivity index is 2.02. The summed E-state index contributed by atoms with van der Waals surface area (Å²) in [5, 5.41) is 4.85. The summed E-state index contributed by atoms with van der Waals surface area (Å²) in [4.78, 5) is 47.5. The number of rotatable bonds is 5. The number of hydrogen-bond donors (Lipinski definition) is 2. The molecule has 1 heterocycles. The van der Waals surface area contributed by atoms with Gasteiger partial charge in [0.05, 0.1) is 0 Å². The zero-order valence-electron chi connectivity index (χ0n) is 13.1. The van der Waals surface area contributed by atoms with Crippen molar-refractivity contribution in [3.63, 3.8) is 0 Å². The maximum absolute atomic E-state index is 12.1. The molecule has 1 aromatic rings. The molecule has 2 N–H and O–H groups in total. The number of benzene rings is 1. The zero-order valence-corrected chi connectivity index (χ0v) is 13.1. The Morgan fingerprint density at radius 3 is 2.58 bits per heavy atom. The van der Waals surface area contributed by atoms with E-state index in [1.807, 2.05) is 6.07 Å². The van der Waals surface area contributed by atoms with E-state index in [2.05, 4.69) is 10.6 Å². The van der Waals surface area contributed by atoms with E-state index in [0.717, 1.165) is 4.90 Å². The van der Waals surface area contributed by atoms with Crippen LogP contribution >= 0.6 is 0 Å². The van der Waals surface area contributed by atoms with Crippen molar-refractivity contribution >= 4 is 29.9 Å². The van der Waals surface area contributed by atoms with Gasteiger partial charge in [0.1, 0.15) is 5.70 Å². The molecule has 0 aliphatic carbocycles. The molecule has 1 aliphatic heterocycles. The zero-order chi connectivity index (χ0) is 17.5. The lowest BCUT2D eigenvalue weighted by molar-refractivity contribution is -0.147. The van der Waals surface area contributed by atoms with Crippen LogP contribution in [0.15, 0.2) is 36.0 Å². The van der Waals surface area contributed by atoms with Gasteiger partial charge in [0.25, 0.3) is 5.91 Å². The molecule has 0 atom stereocenters. The van der Waals surface area contributed by atoms with E-state index in [1.165, 1.54) is 13.0 Å². The van der Waals surface area contributed by atoms with Crippen molar-refractivity contribution in [3.05, 3.63) is 41.6 Å². The summed E-state index contributed by atoms with van der Waals surface area (Å²) in [6.45, 7) is 1.26. The standard InChI is InChI=1S/C16H17N3O5/c1-11(20)18-13(9-12-5-3-2-4-6-12)15(22)24-10-14(21)19-8-7-17-16(19)23/h2-6,9H,7-8,10H2,1H3,(H,17,23)(H,18,20). The second kappa shape index (κ2) is 7.91. The number of urea groups is 1. The van der Waals surface area contributed by atoms with Gasteiger partial charge in [-0.2, -0.15) is 0 Å². The number of carbonyl (C=O) groups is 4. The monoisotopic (exact) mass is 331 g/mol. The molecule has 0 bridgehead atoms. The van der Waals surface area contributed by atoms with Crippen LogP contribution in [0.5, 0.6) is 0 Å². The molecule has 126 valence electrons. The van der Waals surface area contributed by atoms with Crippen molar-refractivity contribution in [2.75, 3.05) is 19.7 Å². The Morgan fingerprint density at radius 2 is 2.00 bits per heavy atom. The molecular weight excluding hydrogens is 314 g/mol. The lowest BCUT2D eigenvalue weighted by Crippen LogP contribution is -2.38. The summed E-state index contributed by atoms with van der Waals surface area (Å²) in [5.74, 6) is -1.93. The van der Waals surface area contributed by atoms with Crippen LogP contribution in [0.1, 0.15) is 12.5 Å². The number of ether oxygens (including phenoxy) is 1. The van der Waals surface area contributed by atoms with Crippen LogP contribution in [0.3, 0.4) is 0 Å². The van der Waals surface area contributed by atoms with Gasteiger partial charge in [-0.3, -0.25) is 14.5 Å². The van der Waals surface area contributed by atoms with Crippen LogP contribution in [0, 0.1) is 0 Å². The third-order valence-corrected chi connectivity index (χ3v) is 3.13. The molecule has 0 aromatic heterocycles. The van der Waals surface area contributed by atoms with E-state index in [9.17, 15) is 19.2 Å². The molecule has 8 heteroatoms. The van der Waals surface area contributed by atoms with Crippen LogP contribution in [-0.2, 0) is 19.1 Å². The van der Waals surface area contributed by atoms with Crippen molar-refractivity contribution in [3.8, 4) is 0 Å². The van der Waals surface area contributed by atoms with Crippen molar-refractivity contribution in [2.45, 2.75) is 6.92 Å². The fraction of sp³-hybridized carbons (Fsp3) is 0.250. The molecule has 0 saturated carbocycles. The quantitative estimate of drug-likeness (QED) is 0.595. The molecule has 24 heavy (non-hydrogen) atoms. The van der Waals surface area contributed by atoms with Crippen LogP contribution < -0.4 is 10.6 Å². The first-order valence-electron chi connectivity index (χ1n) is 7.27. The van der Waals surface area contributed by atoms with Crippen molar-refractivity contribution in [1.29, 1.82) is 0 Å². The van der Waals surface area contributed by atoms with E-state index in [0.29, 0.717) is 12.1 Å². The number of carbonyl (C=O) groups excluding carboxylic acids is 4. The maximum Gasteiger partial charge on any atom is 0.355 e. The van der Waals surface area contributed by atoms with Gasteiger partial charge in [0.15, 0.2) is 6.61 Å². The van der Waals surface area contributed by atoms with Crippen LogP contribution in [-0.4, -0.2) is 48.4 Å². The highest BCUT2D eigenvalue weighted by atomic mass is 16.5. The van der Waals surface area contributed by atoms with Gasteiger partial charge < -0.3 is 15.4 Å². The fourth-order valence-electron chi connectivity index (χ4n) is 2.04. The highest BCUT2D eigenvalue weighted by Crippen LogP contribution is 2.07. The smallest absolute Gasteiger partial charge is 0.355 e. The van der Waals surface area contributed by atoms with E-state index >= 15 is 0 Å². The second-order valence-electron chi connectivity index (χ2n) is 5.00. The third kappa shape index (κ3) is 4.67. The van der Waals surface area contributed by atoms with Crippen molar-refractivity contribution in [2.24, 2.45) is 0 Å². The molecule has 8 nitrogen and oxygen atoms in total. The molecule has 1 saturated heterocycles. The average molecular weight is 331 g/mol. The SMILES string of the molecule is CC(=O)NC(=Cc1ccccc1)C(=O)OCC(=O)N1CCNC1=O. The number of esters is 1. The minimum absolute atomic E-state index is 0.0904. The van der Waals surface area contributed by atoms with Gasteiger partial charge in [0.2, 0.25) is 5.91 Å². The number of hydrogen-bond acceptors (Lipinski definition) is 5. The molecular formula is C16H17N3O5. The summed E-state index contributed by atoms with van der Waals surface area (Å²) in [7, 11) is 0. The van der Waals surface area contributed by atoms with E-state index in [4.69, 9.17) is 4.74 Å². The van der Waals surface area contributed by atoms with Gasteiger partial charge in [0, 0.05) is 20.0 Å². The molecule has 1 aromatic carbocycles. The Morgan fingerprint density at radius 1 is 1.29 bits per heavy atom. The van der Waals surface area contributed by atoms with Crippen LogP contribution in [0.4, 0.5) is 4.79 Å². The number of nitrogens with one attached hydrogen (secondary N) is 2.